The van der Waals surface area contributed by atoms with Gasteiger partial charge in [0, 0.05) is 49.4 Å². The van der Waals surface area contributed by atoms with Gasteiger partial charge >= 0.3 is 0 Å². The number of furan rings is 2. The minimum absolute atomic E-state index is 0.0748. The topological polar surface area (TPSA) is 29.5 Å². The van der Waals surface area contributed by atoms with Gasteiger partial charge in [0.15, 0.2) is 0 Å². The highest BCUT2D eigenvalue weighted by molar-refractivity contribution is 6.07. The highest BCUT2D eigenvalue weighted by atomic mass is 16.3. The number of benzene rings is 10. The maximum Gasteiger partial charge on any atom is 0.136 e. The molecule has 0 fully saturated rings. The van der Waals surface area contributed by atoms with Gasteiger partial charge in [-0.05, 0) is 163 Å². The molecule has 2 aliphatic rings. The standard InChI is InChI=1S/C66H47NO2/c1-65(2)56-16-8-5-12-49(56)54-38-59-55(39-58(54)65)64-48(15-11-17-57(64)66(59,3)4)42-24-32-47(33-25-42)67(45-28-20-40(21-29-45)43-26-34-52-50-13-6-9-18-60(50)68-62(52)36-43)46-30-22-41(23-31-46)44-27-35-53-51-14-7-10-19-61(51)69-63(53)37-44/h5-39H,1-4H3. The zero-order valence-corrected chi connectivity index (χ0v) is 39.0. The summed E-state index contributed by atoms with van der Waals surface area (Å²) in [7, 11) is 0. The quantitative estimate of drug-likeness (QED) is 0.167. The summed E-state index contributed by atoms with van der Waals surface area (Å²) in [4.78, 5) is 2.36. The molecule has 2 aliphatic carbocycles. The minimum Gasteiger partial charge on any atom is -0.456 e. The van der Waals surface area contributed by atoms with E-state index in [9.17, 15) is 0 Å². The fraction of sp³-hybridized carbons (Fsp3) is 0.0909. The van der Waals surface area contributed by atoms with E-state index in [1.807, 2.05) is 24.3 Å². The van der Waals surface area contributed by atoms with Gasteiger partial charge in [-0.2, -0.15) is 0 Å². The molecule has 0 unspecified atom stereocenters. The molecule has 0 radical (unpaired) electrons. The third-order valence-electron chi connectivity index (χ3n) is 15.5. The van der Waals surface area contributed by atoms with Crippen LogP contribution in [0.4, 0.5) is 17.1 Å². The molecule has 2 heterocycles. The Morgan fingerprint density at radius 3 is 1.29 bits per heavy atom. The number of anilines is 3. The Morgan fingerprint density at radius 1 is 0.290 bits per heavy atom. The van der Waals surface area contributed by atoms with E-state index in [1.165, 1.54) is 55.6 Å². The normalized spacial score (nSPS) is 14.0. The van der Waals surface area contributed by atoms with Crippen LogP contribution >= 0.6 is 0 Å². The van der Waals surface area contributed by atoms with Crippen molar-refractivity contribution in [3.8, 4) is 55.6 Å². The lowest BCUT2D eigenvalue weighted by molar-refractivity contribution is 0.652. The lowest BCUT2D eigenvalue weighted by Crippen LogP contribution is -2.16. The highest BCUT2D eigenvalue weighted by Crippen LogP contribution is 2.58. The molecule has 3 heteroatoms. The summed E-state index contributed by atoms with van der Waals surface area (Å²) < 4.78 is 12.6. The van der Waals surface area contributed by atoms with Crippen molar-refractivity contribution < 1.29 is 8.83 Å². The Bertz CT molecular complexity index is 3890. The smallest absolute Gasteiger partial charge is 0.136 e. The first-order chi connectivity index (χ1) is 33.7. The fourth-order valence-electron chi connectivity index (χ4n) is 11.9. The van der Waals surface area contributed by atoms with Crippen molar-refractivity contribution in [2.24, 2.45) is 0 Å². The highest BCUT2D eigenvalue weighted by Gasteiger charge is 2.42. The summed E-state index contributed by atoms with van der Waals surface area (Å²) in [6.45, 7) is 9.55. The molecule has 14 rings (SSSR count). The zero-order chi connectivity index (χ0) is 46.2. The van der Waals surface area contributed by atoms with E-state index in [2.05, 4.69) is 221 Å². The van der Waals surface area contributed by atoms with Gasteiger partial charge in [-0.1, -0.05) is 155 Å². The van der Waals surface area contributed by atoms with E-state index < -0.39 is 0 Å². The number of hydrogen-bond donors (Lipinski definition) is 0. The van der Waals surface area contributed by atoms with Crippen molar-refractivity contribution >= 4 is 60.9 Å². The van der Waals surface area contributed by atoms with E-state index in [0.717, 1.165) is 83.2 Å². The molecule has 0 atom stereocenters. The molecular weight excluding hydrogens is 839 g/mol. The monoisotopic (exact) mass is 885 g/mol. The van der Waals surface area contributed by atoms with Gasteiger partial charge in [0.25, 0.3) is 0 Å². The largest absolute Gasteiger partial charge is 0.456 e. The molecule has 0 amide bonds. The van der Waals surface area contributed by atoms with Crippen LogP contribution in [0.15, 0.2) is 221 Å². The summed E-state index contributed by atoms with van der Waals surface area (Å²) in [5.74, 6) is 0. The number of para-hydroxylation sites is 2. The molecule has 12 aromatic rings. The van der Waals surface area contributed by atoms with Gasteiger partial charge in [0.1, 0.15) is 22.3 Å². The van der Waals surface area contributed by atoms with Crippen LogP contribution in [-0.2, 0) is 10.8 Å². The van der Waals surface area contributed by atoms with E-state index >= 15 is 0 Å². The van der Waals surface area contributed by atoms with E-state index in [-0.39, 0.29) is 10.8 Å². The first-order valence-corrected chi connectivity index (χ1v) is 24.1. The van der Waals surface area contributed by atoms with Crippen LogP contribution in [0.1, 0.15) is 49.9 Å². The maximum absolute atomic E-state index is 6.29. The molecule has 10 aromatic carbocycles. The molecule has 0 N–H and O–H groups in total. The molecule has 3 nitrogen and oxygen atoms in total. The van der Waals surface area contributed by atoms with Crippen LogP contribution in [0, 0.1) is 0 Å². The van der Waals surface area contributed by atoms with Crippen LogP contribution in [0.25, 0.3) is 99.5 Å². The first kappa shape index (κ1) is 39.7. The van der Waals surface area contributed by atoms with Crippen molar-refractivity contribution in [1.29, 1.82) is 0 Å². The number of nitrogens with zero attached hydrogens (tertiary/aromatic N) is 1. The minimum atomic E-state index is -0.137. The predicted octanol–water partition coefficient (Wildman–Crippen LogP) is 18.6. The second kappa shape index (κ2) is 14.6. The molecule has 0 aliphatic heterocycles. The summed E-state index contributed by atoms with van der Waals surface area (Å²) in [6.07, 6.45) is 0. The van der Waals surface area contributed by atoms with Gasteiger partial charge in [-0.15, -0.1) is 0 Å². The lowest BCUT2D eigenvalue weighted by atomic mass is 9.79. The third-order valence-corrected chi connectivity index (χ3v) is 15.5. The molecule has 328 valence electrons. The van der Waals surface area contributed by atoms with E-state index in [4.69, 9.17) is 8.83 Å². The van der Waals surface area contributed by atoms with Crippen LogP contribution in [0.5, 0.6) is 0 Å². The van der Waals surface area contributed by atoms with Gasteiger partial charge in [-0.3, -0.25) is 0 Å². The van der Waals surface area contributed by atoms with Gasteiger partial charge in [0.05, 0.1) is 0 Å². The van der Waals surface area contributed by atoms with E-state index in [0.29, 0.717) is 0 Å². The second-order valence-corrected chi connectivity index (χ2v) is 20.1. The summed E-state index contributed by atoms with van der Waals surface area (Å²) in [6, 6.07) is 77.5. The predicted molar refractivity (Wildman–Crippen MR) is 287 cm³/mol. The third kappa shape index (κ3) is 5.93. The van der Waals surface area contributed by atoms with Crippen LogP contribution < -0.4 is 4.90 Å². The van der Waals surface area contributed by atoms with Crippen molar-refractivity contribution in [3.63, 3.8) is 0 Å². The Morgan fingerprint density at radius 2 is 0.710 bits per heavy atom. The summed E-state index contributed by atoms with van der Waals surface area (Å²) in [5.41, 5.74) is 24.7. The summed E-state index contributed by atoms with van der Waals surface area (Å²) in [5, 5.41) is 4.55. The Hall–Kier alpha value is -8.40. The average molecular weight is 886 g/mol. The number of hydrogen-bond acceptors (Lipinski definition) is 3. The van der Waals surface area contributed by atoms with Crippen molar-refractivity contribution in [1.82, 2.24) is 0 Å². The van der Waals surface area contributed by atoms with Crippen LogP contribution in [-0.4, -0.2) is 0 Å². The lowest BCUT2D eigenvalue weighted by Gasteiger charge is -2.26. The van der Waals surface area contributed by atoms with Crippen molar-refractivity contribution in [2.75, 3.05) is 4.90 Å². The molecule has 0 spiro atoms. The zero-order valence-electron chi connectivity index (χ0n) is 39.0. The fourth-order valence-corrected chi connectivity index (χ4v) is 11.9. The Kier molecular flexibility index (Phi) is 8.38. The summed E-state index contributed by atoms with van der Waals surface area (Å²) >= 11 is 0. The Labute approximate surface area is 401 Å². The first-order valence-electron chi connectivity index (χ1n) is 24.1. The molecule has 69 heavy (non-hydrogen) atoms. The van der Waals surface area contributed by atoms with E-state index in [1.54, 1.807) is 0 Å². The Balaban J connectivity index is 0.851. The van der Waals surface area contributed by atoms with Crippen LogP contribution in [0.3, 0.4) is 0 Å². The molecule has 0 saturated heterocycles. The maximum atomic E-state index is 6.29. The van der Waals surface area contributed by atoms with Gasteiger partial charge in [0.2, 0.25) is 0 Å². The molecule has 0 saturated carbocycles. The molecule has 0 bridgehead atoms. The van der Waals surface area contributed by atoms with Crippen molar-refractivity contribution in [3.05, 3.63) is 235 Å². The molecule has 2 aromatic heterocycles. The van der Waals surface area contributed by atoms with Crippen LogP contribution in [0.2, 0.25) is 0 Å². The van der Waals surface area contributed by atoms with Gasteiger partial charge < -0.3 is 13.7 Å². The molecular formula is C66H47NO2. The second-order valence-electron chi connectivity index (χ2n) is 20.1. The average Bonchev–Trinajstić information content (AvgIpc) is 4.08. The number of fused-ring (bicyclic) bond motifs is 12. The van der Waals surface area contributed by atoms with Crippen molar-refractivity contribution in [2.45, 2.75) is 38.5 Å². The SMILES string of the molecule is CC1(C)c2ccccc2-c2cc3c(cc21)-c1c(-c2ccc(N(c4ccc(-c5ccc6c(c5)oc5ccccc56)cc4)c4ccc(-c5ccc6c(c5)oc5ccccc56)cc4)cc2)cccc1C3(C)C. The van der Waals surface area contributed by atoms with Gasteiger partial charge in [-0.25, -0.2) is 0 Å². The number of rotatable bonds is 6.